The number of aryl methyl sites for hydroxylation is 1. The molecule has 1 fully saturated rings. The highest BCUT2D eigenvalue weighted by Crippen LogP contribution is 2.41. The first-order valence-corrected chi connectivity index (χ1v) is 12.8. The predicted octanol–water partition coefficient (Wildman–Crippen LogP) is 3.78. The molecule has 0 radical (unpaired) electrons. The normalized spacial score (nSPS) is 22.4. The van der Waals surface area contributed by atoms with Gasteiger partial charge in [-0.3, -0.25) is 4.68 Å². The lowest BCUT2D eigenvalue weighted by molar-refractivity contribution is 0.375. The first-order valence-electron chi connectivity index (χ1n) is 11.3. The van der Waals surface area contributed by atoms with Crippen LogP contribution in [0.3, 0.4) is 0 Å². The van der Waals surface area contributed by atoms with E-state index in [-0.39, 0.29) is 11.9 Å². The second kappa shape index (κ2) is 8.34. The molecule has 1 aromatic heterocycles. The molecule has 6 nitrogen and oxygen atoms in total. The van der Waals surface area contributed by atoms with Gasteiger partial charge in [-0.1, -0.05) is 12.1 Å². The van der Waals surface area contributed by atoms with Gasteiger partial charge in [0, 0.05) is 32.7 Å². The van der Waals surface area contributed by atoms with E-state index >= 15 is 0 Å². The van der Waals surface area contributed by atoms with Crippen LogP contribution >= 0.6 is 0 Å². The highest BCUT2D eigenvalue weighted by Gasteiger charge is 2.41. The fourth-order valence-electron chi connectivity index (χ4n) is 5.34. The number of halogens is 1. The quantitative estimate of drug-likeness (QED) is 0.620. The molecule has 1 saturated carbocycles. The summed E-state index contributed by atoms with van der Waals surface area (Å²) in [5.74, 6) is 0.351. The summed E-state index contributed by atoms with van der Waals surface area (Å²) < 4.78 is 44.4. The topological polar surface area (TPSA) is 67.2 Å². The van der Waals surface area contributed by atoms with Crippen molar-refractivity contribution in [3.05, 3.63) is 65.5 Å². The van der Waals surface area contributed by atoms with Crippen molar-refractivity contribution in [1.82, 2.24) is 18.8 Å². The molecule has 1 heterocycles. The molecule has 2 aromatic carbocycles. The van der Waals surface area contributed by atoms with Crippen molar-refractivity contribution in [2.75, 3.05) is 14.1 Å². The summed E-state index contributed by atoms with van der Waals surface area (Å²) in [7, 11) is 1.56. The van der Waals surface area contributed by atoms with Crippen LogP contribution in [0.2, 0.25) is 0 Å². The van der Waals surface area contributed by atoms with E-state index in [4.69, 9.17) is 5.10 Å². The van der Waals surface area contributed by atoms with Gasteiger partial charge in [-0.2, -0.15) is 22.5 Å². The van der Waals surface area contributed by atoms with E-state index < -0.39 is 10.2 Å². The number of benzene rings is 2. The Morgan fingerprint density at radius 1 is 0.970 bits per heavy atom. The zero-order chi connectivity index (χ0) is 23.3. The van der Waals surface area contributed by atoms with Crippen molar-refractivity contribution >= 4 is 10.2 Å². The third-order valence-corrected chi connectivity index (χ3v) is 8.71. The average Bonchev–Trinajstić information content (AvgIpc) is 3.27. The summed E-state index contributed by atoms with van der Waals surface area (Å²) in [5, 5.41) is 4.71. The predicted molar refractivity (Wildman–Crippen MR) is 127 cm³/mol. The number of hydrogen-bond acceptors (Lipinski definition) is 3. The Kier molecular flexibility index (Phi) is 5.63. The smallest absolute Gasteiger partial charge is 0.267 e. The Hall–Kier alpha value is -2.55. The van der Waals surface area contributed by atoms with Gasteiger partial charge in [0.05, 0.1) is 11.4 Å². The van der Waals surface area contributed by atoms with Gasteiger partial charge in [-0.05, 0) is 90.6 Å². The van der Waals surface area contributed by atoms with Crippen molar-refractivity contribution in [2.24, 2.45) is 18.9 Å². The van der Waals surface area contributed by atoms with Crippen LogP contribution in [0, 0.1) is 17.7 Å². The van der Waals surface area contributed by atoms with Gasteiger partial charge in [0.25, 0.3) is 10.2 Å². The minimum atomic E-state index is -3.46. The third-order valence-electron chi connectivity index (χ3n) is 7.18. The van der Waals surface area contributed by atoms with Gasteiger partial charge in [-0.15, -0.1) is 0 Å². The Bertz CT molecular complexity index is 1280. The molecule has 5 rings (SSSR count). The van der Waals surface area contributed by atoms with E-state index in [9.17, 15) is 12.8 Å². The molecule has 0 unspecified atom stereocenters. The van der Waals surface area contributed by atoms with E-state index in [0.717, 1.165) is 48.2 Å². The summed E-state index contributed by atoms with van der Waals surface area (Å²) in [6, 6.07) is 14.9. The van der Waals surface area contributed by atoms with Crippen LogP contribution in [0.5, 0.6) is 0 Å². The summed E-state index contributed by atoms with van der Waals surface area (Å²) in [6.45, 7) is 0. The molecular weight excluding hydrogens is 439 g/mol. The SMILES string of the molecule is CN(C)S(=O)(=O)N[C@@H]1[C@@H]2CC[C@H]1Cc1cc(-c3cc(-c4ccc(F)cc4)n(C)n3)ccc1C2. The molecule has 3 atom stereocenters. The summed E-state index contributed by atoms with van der Waals surface area (Å²) in [6.07, 6.45) is 3.83. The highest BCUT2D eigenvalue weighted by molar-refractivity contribution is 7.87. The maximum absolute atomic E-state index is 13.3. The number of hydrogen-bond donors (Lipinski definition) is 1. The highest BCUT2D eigenvalue weighted by atomic mass is 32.2. The van der Waals surface area contributed by atoms with Crippen LogP contribution in [0.15, 0.2) is 48.5 Å². The standard InChI is InChI=1S/C25H29FN4O2S/c1-29(2)33(31,32)28-25-19-6-7-20(25)14-21-13-18(5-4-17(21)12-19)23-15-24(30(3)27-23)16-8-10-22(26)11-9-16/h4-5,8-11,13,15,19-20,25,28H,6-7,12,14H2,1-3H3/t19-,20+,25-/m1/s1. The Balaban J connectivity index is 1.43. The average molecular weight is 469 g/mol. The fourth-order valence-corrected chi connectivity index (χ4v) is 6.28. The summed E-state index contributed by atoms with van der Waals surface area (Å²) in [5.41, 5.74) is 6.34. The molecule has 2 aliphatic carbocycles. The van der Waals surface area contributed by atoms with Gasteiger partial charge in [0.15, 0.2) is 0 Å². The molecular formula is C25H29FN4O2S. The monoisotopic (exact) mass is 468 g/mol. The molecule has 0 spiro atoms. The van der Waals surface area contributed by atoms with Gasteiger partial charge >= 0.3 is 0 Å². The lowest BCUT2D eigenvalue weighted by atomic mass is 9.91. The molecule has 0 saturated heterocycles. The second-order valence-electron chi connectivity index (χ2n) is 9.47. The van der Waals surface area contributed by atoms with Gasteiger partial charge in [-0.25, -0.2) is 4.39 Å². The first kappa shape index (κ1) is 22.3. The van der Waals surface area contributed by atoms with Crippen molar-refractivity contribution in [1.29, 1.82) is 0 Å². The lowest BCUT2D eigenvalue weighted by Gasteiger charge is -2.25. The molecule has 2 bridgehead atoms. The number of rotatable bonds is 5. The Morgan fingerprint density at radius 3 is 2.27 bits per heavy atom. The van der Waals surface area contributed by atoms with E-state index in [1.165, 1.54) is 27.6 Å². The molecule has 8 heteroatoms. The van der Waals surface area contributed by atoms with Crippen LogP contribution in [0.25, 0.3) is 22.5 Å². The molecule has 1 N–H and O–H groups in total. The second-order valence-corrected chi connectivity index (χ2v) is 11.4. The van der Waals surface area contributed by atoms with Crippen molar-refractivity contribution in [2.45, 2.75) is 31.7 Å². The van der Waals surface area contributed by atoms with E-state index in [0.29, 0.717) is 11.8 Å². The molecule has 2 aliphatic rings. The number of fused-ring (bicyclic) bond motifs is 3. The van der Waals surface area contributed by atoms with E-state index in [1.54, 1.807) is 26.2 Å². The Morgan fingerprint density at radius 2 is 1.61 bits per heavy atom. The lowest BCUT2D eigenvalue weighted by Crippen LogP contribution is -2.46. The molecule has 174 valence electrons. The van der Waals surface area contributed by atoms with Gasteiger partial charge in [0.2, 0.25) is 0 Å². The van der Waals surface area contributed by atoms with Gasteiger partial charge in [0.1, 0.15) is 5.82 Å². The molecule has 0 aliphatic heterocycles. The zero-order valence-electron chi connectivity index (χ0n) is 19.1. The first-order chi connectivity index (χ1) is 15.7. The molecule has 0 amide bonds. The molecule has 33 heavy (non-hydrogen) atoms. The number of nitrogens with zero attached hydrogens (tertiary/aromatic N) is 3. The van der Waals surface area contributed by atoms with Crippen molar-refractivity contribution in [3.63, 3.8) is 0 Å². The van der Waals surface area contributed by atoms with Crippen LogP contribution in [-0.4, -0.2) is 42.6 Å². The van der Waals surface area contributed by atoms with Crippen LogP contribution < -0.4 is 4.72 Å². The van der Waals surface area contributed by atoms with Crippen molar-refractivity contribution in [3.8, 4) is 22.5 Å². The minimum Gasteiger partial charge on any atom is -0.267 e. The largest absolute Gasteiger partial charge is 0.279 e. The van der Waals surface area contributed by atoms with Gasteiger partial charge < -0.3 is 0 Å². The van der Waals surface area contributed by atoms with Crippen LogP contribution in [0.4, 0.5) is 4.39 Å². The number of aromatic nitrogens is 2. The van der Waals surface area contributed by atoms with Crippen molar-refractivity contribution < 1.29 is 12.8 Å². The zero-order valence-corrected chi connectivity index (χ0v) is 19.9. The van der Waals surface area contributed by atoms with Crippen LogP contribution in [0.1, 0.15) is 24.0 Å². The maximum atomic E-state index is 13.3. The van der Waals surface area contributed by atoms with Crippen LogP contribution in [-0.2, 0) is 30.1 Å². The number of nitrogens with one attached hydrogen (secondary N) is 1. The third kappa shape index (κ3) is 4.23. The summed E-state index contributed by atoms with van der Waals surface area (Å²) >= 11 is 0. The molecule has 3 aromatic rings. The van der Waals surface area contributed by atoms with E-state index in [2.05, 4.69) is 22.9 Å². The maximum Gasteiger partial charge on any atom is 0.279 e. The van der Waals surface area contributed by atoms with E-state index in [1.807, 2.05) is 17.8 Å². The summed E-state index contributed by atoms with van der Waals surface area (Å²) in [4.78, 5) is 0. The Labute approximate surface area is 194 Å². The minimum absolute atomic E-state index is 0.0341. The fraction of sp³-hybridized carbons (Fsp3) is 0.400.